The van der Waals surface area contributed by atoms with E-state index in [1.165, 1.54) is 0 Å². The highest BCUT2D eigenvalue weighted by molar-refractivity contribution is 7.08. The van der Waals surface area contributed by atoms with Crippen molar-refractivity contribution in [2.24, 2.45) is 0 Å². The molecule has 1 aromatic carbocycles. The third-order valence-electron chi connectivity index (χ3n) is 3.63. The number of carbonyl (C=O) groups is 1. The van der Waals surface area contributed by atoms with E-state index in [2.05, 4.69) is 20.3 Å². The van der Waals surface area contributed by atoms with E-state index < -0.39 is 5.97 Å². The van der Waals surface area contributed by atoms with Crippen molar-refractivity contribution in [3.8, 4) is 22.8 Å². The van der Waals surface area contributed by atoms with E-state index in [0.717, 1.165) is 11.1 Å². The lowest BCUT2D eigenvalue weighted by atomic mass is 10.2. The fourth-order valence-corrected chi connectivity index (χ4v) is 2.93. The molecule has 0 aliphatic heterocycles. The van der Waals surface area contributed by atoms with Crippen LogP contribution in [0.15, 0.2) is 56.1 Å². The van der Waals surface area contributed by atoms with E-state index >= 15 is 0 Å². The summed E-state index contributed by atoms with van der Waals surface area (Å²) >= 11 is 1.55. The normalized spacial score (nSPS) is 10.8. The van der Waals surface area contributed by atoms with Crippen LogP contribution < -0.4 is 0 Å². The van der Waals surface area contributed by atoms with E-state index in [1.54, 1.807) is 11.3 Å². The van der Waals surface area contributed by atoms with Gasteiger partial charge in [0.15, 0.2) is 6.61 Å². The van der Waals surface area contributed by atoms with Crippen LogP contribution in [-0.2, 0) is 22.6 Å². The summed E-state index contributed by atoms with van der Waals surface area (Å²) in [4.78, 5) is 16.2. The monoisotopic (exact) mass is 382 g/mol. The van der Waals surface area contributed by atoms with Gasteiger partial charge in [-0.1, -0.05) is 23.4 Å². The fourth-order valence-electron chi connectivity index (χ4n) is 2.30. The van der Waals surface area contributed by atoms with Crippen molar-refractivity contribution in [3.63, 3.8) is 0 Å². The lowest BCUT2D eigenvalue weighted by molar-refractivity contribution is -0.145. The Balaban J connectivity index is 1.26. The summed E-state index contributed by atoms with van der Waals surface area (Å²) in [6.07, 6.45) is 0.417. The minimum atomic E-state index is -0.412. The zero-order chi connectivity index (χ0) is 18.5. The molecule has 9 heteroatoms. The Kier molecular flexibility index (Phi) is 5.01. The Morgan fingerprint density at radius 2 is 1.96 bits per heavy atom. The van der Waals surface area contributed by atoms with Gasteiger partial charge >= 0.3 is 5.97 Å². The Morgan fingerprint density at radius 1 is 1.07 bits per heavy atom. The fraction of sp³-hybridized carbons (Fsp3) is 0.167. The first kappa shape index (κ1) is 17.1. The van der Waals surface area contributed by atoms with Crippen molar-refractivity contribution < 1.29 is 18.5 Å². The third-order valence-corrected chi connectivity index (χ3v) is 4.32. The molecule has 0 spiro atoms. The Bertz CT molecular complexity index is 1010. The second-order valence-corrected chi connectivity index (χ2v) is 6.33. The third kappa shape index (κ3) is 4.26. The number of hydrogen-bond donors (Lipinski definition) is 0. The van der Waals surface area contributed by atoms with Gasteiger partial charge in [0.05, 0.1) is 6.42 Å². The van der Waals surface area contributed by atoms with E-state index in [9.17, 15) is 4.79 Å². The molecule has 27 heavy (non-hydrogen) atoms. The van der Waals surface area contributed by atoms with Gasteiger partial charge in [-0.25, -0.2) is 0 Å². The molecule has 0 bridgehead atoms. The quantitative estimate of drug-likeness (QED) is 0.447. The predicted molar refractivity (Wildman–Crippen MR) is 95.5 cm³/mol. The minimum absolute atomic E-state index is 0.0807. The Morgan fingerprint density at radius 3 is 2.78 bits per heavy atom. The van der Waals surface area contributed by atoms with Crippen molar-refractivity contribution in [1.82, 2.24) is 20.3 Å². The first-order valence-electron chi connectivity index (χ1n) is 8.16. The van der Waals surface area contributed by atoms with Gasteiger partial charge in [-0.05, 0) is 23.6 Å². The van der Waals surface area contributed by atoms with Gasteiger partial charge in [-0.15, -0.1) is 10.2 Å². The Hall–Kier alpha value is -3.33. The molecule has 0 radical (unpaired) electrons. The predicted octanol–water partition coefficient (Wildman–Crippen LogP) is 3.52. The molecule has 8 nitrogen and oxygen atoms in total. The number of benzene rings is 1. The molecular weight excluding hydrogens is 368 g/mol. The number of ether oxygens (including phenoxy) is 1. The highest BCUT2D eigenvalue weighted by atomic mass is 32.1. The lowest BCUT2D eigenvalue weighted by Gasteiger charge is -2.00. The number of thiophene rings is 1. The van der Waals surface area contributed by atoms with E-state index in [1.807, 2.05) is 47.2 Å². The zero-order valence-corrected chi connectivity index (χ0v) is 14.9. The average Bonchev–Trinajstić information content (AvgIpc) is 3.47. The van der Waals surface area contributed by atoms with Crippen LogP contribution in [-0.4, -0.2) is 26.3 Å². The summed E-state index contributed by atoms with van der Waals surface area (Å²) in [6, 6.07) is 11.3. The summed E-state index contributed by atoms with van der Waals surface area (Å²) in [6.45, 7) is -0.0807. The first-order chi connectivity index (χ1) is 13.3. The van der Waals surface area contributed by atoms with Crippen LogP contribution >= 0.6 is 11.3 Å². The lowest BCUT2D eigenvalue weighted by Crippen LogP contribution is -2.06. The maximum atomic E-state index is 11.9. The smallest absolute Gasteiger partial charge is 0.306 e. The number of esters is 1. The molecule has 4 rings (SSSR count). The van der Waals surface area contributed by atoms with Gasteiger partial charge in [0, 0.05) is 22.9 Å². The van der Waals surface area contributed by atoms with Crippen LogP contribution in [0.4, 0.5) is 0 Å². The topological polar surface area (TPSA) is 104 Å². The summed E-state index contributed by atoms with van der Waals surface area (Å²) in [5.74, 6) is 1.11. The summed E-state index contributed by atoms with van der Waals surface area (Å²) < 4.78 is 15.8. The maximum Gasteiger partial charge on any atom is 0.306 e. The number of aromatic nitrogens is 4. The Labute approximate surface area is 157 Å². The number of carbonyl (C=O) groups excluding carboxylic acids is 1. The molecule has 0 saturated heterocycles. The maximum absolute atomic E-state index is 11.9. The average molecular weight is 382 g/mol. The van der Waals surface area contributed by atoms with Crippen molar-refractivity contribution in [1.29, 1.82) is 0 Å². The molecule has 3 aromatic heterocycles. The molecule has 0 saturated carbocycles. The molecule has 0 unspecified atom stereocenters. The molecule has 0 N–H and O–H groups in total. The van der Waals surface area contributed by atoms with Crippen LogP contribution in [0.5, 0.6) is 0 Å². The highest BCUT2D eigenvalue weighted by Crippen LogP contribution is 2.19. The molecule has 0 amide bonds. The van der Waals surface area contributed by atoms with E-state index in [-0.39, 0.29) is 18.9 Å². The number of aryl methyl sites for hydroxylation is 1. The SMILES string of the molecule is O=C(CCc1nc(-c2ccsc2)no1)OCc1nnc(-c2ccccc2)o1. The van der Waals surface area contributed by atoms with Gasteiger partial charge in [0.2, 0.25) is 17.6 Å². The van der Waals surface area contributed by atoms with Crippen molar-refractivity contribution in [2.75, 3.05) is 0 Å². The largest absolute Gasteiger partial charge is 0.456 e. The number of hydrogen-bond acceptors (Lipinski definition) is 9. The summed E-state index contributed by atoms with van der Waals surface area (Å²) in [5.41, 5.74) is 1.70. The van der Waals surface area contributed by atoms with Crippen LogP contribution in [0.2, 0.25) is 0 Å². The van der Waals surface area contributed by atoms with Gasteiger partial charge in [-0.3, -0.25) is 4.79 Å². The van der Waals surface area contributed by atoms with Crippen LogP contribution in [0.25, 0.3) is 22.8 Å². The van der Waals surface area contributed by atoms with E-state index in [4.69, 9.17) is 13.7 Å². The van der Waals surface area contributed by atoms with Crippen molar-refractivity contribution in [2.45, 2.75) is 19.4 Å². The first-order valence-corrected chi connectivity index (χ1v) is 9.11. The summed E-state index contributed by atoms with van der Waals surface area (Å²) in [5, 5.41) is 15.6. The molecule has 0 atom stereocenters. The molecule has 3 heterocycles. The van der Waals surface area contributed by atoms with Gasteiger partial charge in [0.1, 0.15) is 0 Å². The van der Waals surface area contributed by atoms with Crippen LogP contribution in [0, 0.1) is 0 Å². The standard InChI is InChI=1S/C18H14N4O4S/c23-16(7-6-14-19-17(22-26-14)13-8-9-27-11-13)24-10-15-20-21-18(25-15)12-4-2-1-3-5-12/h1-5,8-9,11H,6-7,10H2. The van der Waals surface area contributed by atoms with Crippen LogP contribution in [0.3, 0.4) is 0 Å². The van der Waals surface area contributed by atoms with Gasteiger partial charge < -0.3 is 13.7 Å². The molecule has 0 aliphatic carbocycles. The highest BCUT2D eigenvalue weighted by Gasteiger charge is 2.13. The molecule has 4 aromatic rings. The molecular formula is C18H14N4O4S. The van der Waals surface area contributed by atoms with Gasteiger partial charge in [0.25, 0.3) is 5.89 Å². The molecule has 0 fully saturated rings. The van der Waals surface area contributed by atoms with Gasteiger partial charge in [-0.2, -0.15) is 16.3 Å². The number of nitrogens with zero attached hydrogens (tertiary/aromatic N) is 4. The molecule has 0 aliphatic rings. The zero-order valence-electron chi connectivity index (χ0n) is 14.1. The molecule has 136 valence electrons. The number of rotatable bonds is 7. The van der Waals surface area contributed by atoms with E-state index in [0.29, 0.717) is 24.0 Å². The summed E-state index contributed by atoms with van der Waals surface area (Å²) in [7, 11) is 0. The van der Waals surface area contributed by atoms with Crippen molar-refractivity contribution >= 4 is 17.3 Å². The second kappa shape index (κ2) is 7.92. The second-order valence-electron chi connectivity index (χ2n) is 5.55. The van der Waals surface area contributed by atoms with Crippen molar-refractivity contribution in [3.05, 3.63) is 58.9 Å². The van der Waals surface area contributed by atoms with Crippen LogP contribution in [0.1, 0.15) is 18.2 Å². The minimum Gasteiger partial charge on any atom is -0.456 e.